The molecule has 130 valence electrons. The number of nitrogens with one attached hydrogen (secondary N) is 1. The van der Waals surface area contributed by atoms with Crippen molar-refractivity contribution in [2.45, 2.75) is 64.5 Å². The Morgan fingerprint density at radius 3 is 2.48 bits per heavy atom. The number of carbonyl (C=O) groups is 2. The third kappa shape index (κ3) is 4.46. The van der Waals surface area contributed by atoms with Gasteiger partial charge in [0.25, 0.3) is 0 Å². The average Bonchev–Trinajstić information content (AvgIpc) is 3.42. The first kappa shape index (κ1) is 16.7. The van der Waals surface area contributed by atoms with Crippen LogP contribution in [0.3, 0.4) is 0 Å². The van der Waals surface area contributed by atoms with E-state index in [0.717, 1.165) is 51.4 Å². The van der Waals surface area contributed by atoms with E-state index in [2.05, 4.69) is 24.1 Å². The molecule has 0 aromatic heterocycles. The molecule has 3 fully saturated rings. The van der Waals surface area contributed by atoms with Crippen LogP contribution in [0.2, 0.25) is 0 Å². The van der Waals surface area contributed by atoms with Crippen molar-refractivity contribution in [3.05, 3.63) is 0 Å². The van der Waals surface area contributed by atoms with Gasteiger partial charge in [-0.3, -0.25) is 14.5 Å². The quantitative estimate of drug-likeness (QED) is 0.775. The zero-order chi connectivity index (χ0) is 16.4. The lowest BCUT2D eigenvalue weighted by Crippen LogP contribution is -2.47. The molecule has 0 aromatic carbocycles. The molecule has 5 nitrogen and oxygen atoms in total. The Hall–Kier alpha value is -1.10. The van der Waals surface area contributed by atoms with Gasteiger partial charge in [0.1, 0.15) is 0 Å². The minimum atomic E-state index is -0.0140. The number of carbonyl (C=O) groups excluding carboxylic acids is 2. The van der Waals surface area contributed by atoms with E-state index in [4.69, 9.17) is 0 Å². The van der Waals surface area contributed by atoms with Gasteiger partial charge >= 0.3 is 0 Å². The van der Waals surface area contributed by atoms with E-state index < -0.39 is 0 Å². The van der Waals surface area contributed by atoms with Crippen LogP contribution in [0.25, 0.3) is 0 Å². The van der Waals surface area contributed by atoms with Gasteiger partial charge in [-0.15, -0.1) is 0 Å². The van der Waals surface area contributed by atoms with Gasteiger partial charge in [-0.05, 0) is 52.4 Å². The molecule has 1 atom stereocenters. The number of rotatable bonds is 7. The summed E-state index contributed by atoms with van der Waals surface area (Å²) in [5.74, 6) is 0.662. The predicted octanol–water partition coefficient (Wildman–Crippen LogP) is 1.62. The Morgan fingerprint density at radius 1 is 1.13 bits per heavy atom. The second-order valence-corrected chi connectivity index (χ2v) is 7.75. The molecule has 23 heavy (non-hydrogen) atoms. The Bertz CT molecular complexity index is 442. The lowest BCUT2D eigenvalue weighted by Gasteiger charge is -2.32. The molecule has 2 amide bonds. The normalized spacial score (nSPS) is 25.0. The molecule has 1 heterocycles. The SMILES string of the molecule is CC(C)N(CCNC(=O)C1CCCN(C(=O)C2CC2)C1)C1CC1. The van der Waals surface area contributed by atoms with Crippen molar-refractivity contribution in [1.29, 1.82) is 0 Å². The molecular weight excluding hydrogens is 290 g/mol. The average molecular weight is 321 g/mol. The van der Waals surface area contributed by atoms with Crippen LogP contribution in [0, 0.1) is 11.8 Å². The van der Waals surface area contributed by atoms with Crippen LogP contribution in [-0.2, 0) is 9.59 Å². The largest absolute Gasteiger partial charge is 0.355 e. The van der Waals surface area contributed by atoms with E-state index in [1.54, 1.807) is 0 Å². The molecule has 1 saturated heterocycles. The van der Waals surface area contributed by atoms with Crippen molar-refractivity contribution in [1.82, 2.24) is 15.1 Å². The van der Waals surface area contributed by atoms with E-state index >= 15 is 0 Å². The second kappa shape index (κ2) is 7.20. The molecule has 3 rings (SSSR count). The highest BCUT2D eigenvalue weighted by Gasteiger charge is 2.36. The summed E-state index contributed by atoms with van der Waals surface area (Å²) >= 11 is 0. The molecule has 0 spiro atoms. The van der Waals surface area contributed by atoms with E-state index in [-0.39, 0.29) is 23.7 Å². The maximum absolute atomic E-state index is 12.4. The standard InChI is InChI=1S/C18H31N3O2/c1-13(2)21(16-7-8-16)11-9-19-17(22)15-4-3-10-20(12-15)18(23)14-5-6-14/h13-16H,3-12H2,1-2H3,(H,19,22). The van der Waals surface area contributed by atoms with Gasteiger partial charge in [0, 0.05) is 44.2 Å². The van der Waals surface area contributed by atoms with Gasteiger partial charge < -0.3 is 10.2 Å². The minimum absolute atomic E-state index is 0.0140. The van der Waals surface area contributed by atoms with Gasteiger partial charge in [0.2, 0.25) is 11.8 Å². The highest BCUT2D eigenvalue weighted by atomic mass is 16.2. The highest BCUT2D eigenvalue weighted by Crippen LogP contribution is 2.32. The van der Waals surface area contributed by atoms with Gasteiger partial charge in [0.05, 0.1) is 5.92 Å². The lowest BCUT2D eigenvalue weighted by atomic mass is 9.96. The summed E-state index contributed by atoms with van der Waals surface area (Å²) in [6.07, 6.45) is 6.55. The number of hydrogen-bond acceptors (Lipinski definition) is 3. The van der Waals surface area contributed by atoms with Crippen LogP contribution in [0.4, 0.5) is 0 Å². The minimum Gasteiger partial charge on any atom is -0.355 e. The summed E-state index contributed by atoms with van der Waals surface area (Å²) in [5.41, 5.74) is 0. The Kier molecular flexibility index (Phi) is 5.24. The summed E-state index contributed by atoms with van der Waals surface area (Å²) in [7, 11) is 0. The maximum Gasteiger partial charge on any atom is 0.225 e. The number of likely N-dealkylation sites (tertiary alicyclic amines) is 1. The van der Waals surface area contributed by atoms with Crippen LogP contribution >= 0.6 is 0 Å². The molecule has 0 radical (unpaired) electrons. The molecule has 2 saturated carbocycles. The van der Waals surface area contributed by atoms with Crippen molar-refractivity contribution in [2.75, 3.05) is 26.2 Å². The fraction of sp³-hybridized carbons (Fsp3) is 0.889. The van der Waals surface area contributed by atoms with Gasteiger partial charge in [0.15, 0.2) is 0 Å². The smallest absolute Gasteiger partial charge is 0.225 e. The highest BCUT2D eigenvalue weighted by molar-refractivity contribution is 5.83. The van der Waals surface area contributed by atoms with Crippen LogP contribution in [0.5, 0.6) is 0 Å². The zero-order valence-electron chi connectivity index (χ0n) is 14.6. The van der Waals surface area contributed by atoms with E-state index in [0.29, 0.717) is 12.6 Å². The number of amides is 2. The van der Waals surface area contributed by atoms with Gasteiger partial charge in [-0.2, -0.15) is 0 Å². The van der Waals surface area contributed by atoms with Crippen molar-refractivity contribution in [3.8, 4) is 0 Å². The molecule has 5 heteroatoms. The summed E-state index contributed by atoms with van der Waals surface area (Å²) in [4.78, 5) is 29.0. The van der Waals surface area contributed by atoms with Crippen molar-refractivity contribution >= 4 is 11.8 Å². The second-order valence-electron chi connectivity index (χ2n) is 7.75. The summed E-state index contributed by atoms with van der Waals surface area (Å²) < 4.78 is 0. The topological polar surface area (TPSA) is 52.7 Å². The monoisotopic (exact) mass is 321 g/mol. The third-order valence-corrected chi connectivity index (χ3v) is 5.38. The molecule has 3 aliphatic rings. The maximum atomic E-state index is 12.4. The van der Waals surface area contributed by atoms with Crippen LogP contribution in [0.1, 0.15) is 52.4 Å². The first-order chi connectivity index (χ1) is 11.1. The first-order valence-corrected chi connectivity index (χ1v) is 9.38. The number of nitrogens with zero attached hydrogens (tertiary/aromatic N) is 2. The lowest BCUT2D eigenvalue weighted by molar-refractivity contribution is -0.136. The van der Waals surface area contributed by atoms with E-state index in [1.807, 2.05) is 4.90 Å². The van der Waals surface area contributed by atoms with Crippen molar-refractivity contribution in [2.24, 2.45) is 11.8 Å². The fourth-order valence-corrected chi connectivity index (χ4v) is 3.70. The first-order valence-electron chi connectivity index (χ1n) is 9.38. The number of piperidine rings is 1. The van der Waals surface area contributed by atoms with E-state index in [1.165, 1.54) is 12.8 Å². The third-order valence-electron chi connectivity index (χ3n) is 5.38. The fourth-order valence-electron chi connectivity index (χ4n) is 3.70. The van der Waals surface area contributed by atoms with Crippen LogP contribution in [0.15, 0.2) is 0 Å². The van der Waals surface area contributed by atoms with E-state index in [9.17, 15) is 9.59 Å². The zero-order valence-corrected chi connectivity index (χ0v) is 14.6. The van der Waals surface area contributed by atoms with Gasteiger partial charge in [-0.25, -0.2) is 0 Å². The van der Waals surface area contributed by atoms with Crippen LogP contribution < -0.4 is 5.32 Å². The molecule has 2 aliphatic carbocycles. The Labute approximate surface area is 139 Å². The number of hydrogen-bond donors (Lipinski definition) is 1. The summed E-state index contributed by atoms with van der Waals surface area (Å²) in [6, 6.07) is 1.27. The van der Waals surface area contributed by atoms with Gasteiger partial charge in [-0.1, -0.05) is 0 Å². The molecule has 1 unspecified atom stereocenters. The molecule has 1 N–H and O–H groups in total. The molecule has 0 aromatic rings. The molecular formula is C18H31N3O2. The van der Waals surface area contributed by atoms with Crippen LogP contribution in [-0.4, -0.2) is 59.9 Å². The van der Waals surface area contributed by atoms with Crippen molar-refractivity contribution < 1.29 is 9.59 Å². The Morgan fingerprint density at radius 2 is 1.87 bits per heavy atom. The predicted molar refractivity (Wildman–Crippen MR) is 89.9 cm³/mol. The molecule has 0 bridgehead atoms. The summed E-state index contributed by atoms with van der Waals surface area (Å²) in [6.45, 7) is 7.57. The Balaban J connectivity index is 1.41. The van der Waals surface area contributed by atoms with Crippen molar-refractivity contribution in [3.63, 3.8) is 0 Å². The molecule has 1 aliphatic heterocycles. The summed E-state index contributed by atoms with van der Waals surface area (Å²) in [5, 5.41) is 3.11.